The molecule has 94 valence electrons. The number of hydrogen-bond acceptors (Lipinski definition) is 2. The summed E-state index contributed by atoms with van der Waals surface area (Å²) in [5.41, 5.74) is 2.64. The van der Waals surface area contributed by atoms with Crippen molar-refractivity contribution < 1.29 is 9.53 Å². The van der Waals surface area contributed by atoms with Crippen LogP contribution in [-0.2, 0) is 0 Å². The molecule has 0 fully saturated rings. The third-order valence-corrected chi connectivity index (χ3v) is 2.93. The van der Waals surface area contributed by atoms with Gasteiger partial charge in [-0.05, 0) is 29.8 Å². The Bertz CT molecular complexity index is 603. The van der Waals surface area contributed by atoms with Gasteiger partial charge in [-0.1, -0.05) is 41.9 Å². The van der Waals surface area contributed by atoms with Gasteiger partial charge in [0.1, 0.15) is 13.6 Å². The molecule has 0 atom stereocenters. The molecule has 0 saturated carbocycles. The summed E-state index contributed by atoms with van der Waals surface area (Å²) in [5, 5.41) is 0. The van der Waals surface area contributed by atoms with Crippen LogP contribution >= 0.6 is 0 Å². The second-order valence-corrected chi connectivity index (χ2v) is 4.29. The average Bonchev–Trinajstić information content (AvgIpc) is 2.45. The van der Waals surface area contributed by atoms with Crippen molar-refractivity contribution in [3.8, 4) is 5.75 Å². The molecule has 0 N–H and O–H groups in total. The molecule has 3 heteroatoms. The minimum absolute atomic E-state index is 0.00371. The summed E-state index contributed by atoms with van der Waals surface area (Å²) in [6.45, 7) is 0. The summed E-state index contributed by atoms with van der Waals surface area (Å²) in [4.78, 5) is 12.1. The Kier molecular flexibility index (Phi) is 4.19. The van der Waals surface area contributed by atoms with E-state index >= 15 is 0 Å². The molecule has 0 heterocycles. The minimum atomic E-state index is 0.00371. The maximum atomic E-state index is 12.1. The highest BCUT2D eigenvalue weighted by atomic mass is 16.5. The van der Waals surface area contributed by atoms with Crippen LogP contribution in [0, 0.1) is 0 Å². The van der Waals surface area contributed by atoms with E-state index in [1.807, 2.05) is 50.3 Å². The number of allylic oxidation sites excluding steroid dienone is 1. The summed E-state index contributed by atoms with van der Waals surface area (Å²) in [7, 11) is 3.53. The molecule has 0 aromatic heterocycles. The maximum absolute atomic E-state index is 12.1. The number of hydrogen-bond donors (Lipinski definition) is 0. The molecule has 2 nitrogen and oxygen atoms in total. The van der Waals surface area contributed by atoms with E-state index < -0.39 is 0 Å². The van der Waals surface area contributed by atoms with Crippen molar-refractivity contribution in [1.82, 2.24) is 0 Å². The lowest BCUT2D eigenvalue weighted by molar-refractivity contribution is 0.104. The van der Waals surface area contributed by atoms with E-state index in [0.717, 1.165) is 16.8 Å². The smallest absolute Gasteiger partial charge is 0.185 e. The van der Waals surface area contributed by atoms with Crippen LogP contribution in [0.15, 0.2) is 54.6 Å². The molecule has 0 unspecified atom stereocenters. The highest BCUT2D eigenvalue weighted by Gasteiger charge is 2.06. The Morgan fingerprint density at radius 3 is 2.53 bits per heavy atom. The van der Waals surface area contributed by atoms with Crippen molar-refractivity contribution in [3.05, 3.63) is 65.7 Å². The van der Waals surface area contributed by atoms with E-state index in [-0.39, 0.29) is 5.78 Å². The Morgan fingerprint density at radius 2 is 1.89 bits per heavy atom. The van der Waals surface area contributed by atoms with Crippen molar-refractivity contribution in [2.45, 2.75) is 0 Å². The Hall–Kier alpha value is -2.29. The fourth-order valence-electron chi connectivity index (χ4n) is 1.87. The highest BCUT2D eigenvalue weighted by molar-refractivity contribution is 6.37. The molecule has 0 aliphatic heterocycles. The zero-order valence-corrected chi connectivity index (χ0v) is 11.1. The number of ether oxygens (including phenoxy) is 1. The molecular weight excluding hydrogens is 235 g/mol. The van der Waals surface area contributed by atoms with Gasteiger partial charge in [-0.25, -0.2) is 0 Å². The van der Waals surface area contributed by atoms with Gasteiger partial charge in [0.05, 0.1) is 7.11 Å². The van der Waals surface area contributed by atoms with E-state index in [4.69, 9.17) is 4.74 Å². The molecule has 0 saturated heterocycles. The molecule has 0 spiro atoms. The zero-order chi connectivity index (χ0) is 13.7. The fourth-order valence-corrected chi connectivity index (χ4v) is 1.87. The van der Waals surface area contributed by atoms with E-state index in [9.17, 15) is 4.79 Å². The number of rotatable bonds is 4. The second kappa shape index (κ2) is 6.05. The maximum Gasteiger partial charge on any atom is 0.185 e. The van der Waals surface area contributed by atoms with Crippen molar-refractivity contribution in [2.24, 2.45) is 0 Å². The summed E-state index contributed by atoms with van der Waals surface area (Å²) in [5.74, 6) is 0.769. The van der Waals surface area contributed by atoms with Crippen molar-refractivity contribution in [2.75, 3.05) is 7.11 Å². The number of ketones is 1. The molecule has 0 radical (unpaired) electrons. The van der Waals surface area contributed by atoms with E-state index in [1.54, 1.807) is 25.3 Å². The van der Waals surface area contributed by atoms with Crippen LogP contribution in [0.5, 0.6) is 5.75 Å². The number of benzene rings is 2. The van der Waals surface area contributed by atoms with E-state index in [0.29, 0.717) is 5.56 Å². The van der Waals surface area contributed by atoms with Crippen LogP contribution in [0.4, 0.5) is 0 Å². The van der Waals surface area contributed by atoms with Gasteiger partial charge in [0, 0.05) is 5.56 Å². The van der Waals surface area contributed by atoms with Gasteiger partial charge in [-0.15, -0.1) is 0 Å². The molecule has 0 amide bonds. The topological polar surface area (TPSA) is 26.3 Å². The quantitative estimate of drug-likeness (QED) is 0.470. The lowest BCUT2D eigenvalue weighted by Crippen LogP contribution is -2.14. The van der Waals surface area contributed by atoms with Crippen LogP contribution in [0.25, 0.3) is 6.08 Å². The Labute approximate surface area is 114 Å². The van der Waals surface area contributed by atoms with Crippen molar-refractivity contribution in [3.63, 3.8) is 0 Å². The molecular formula is C16H15BO2. The largest absolute Gasteiger partial charge is 0.497 e. The number of carbonyl (C=O) groups is 1. The first-order chi connectivity index (χ1) is 9.20. The summed E-state index contributed by atoms with van der Waals surface area (Å²) in [6, 6.07) is 15.2. The van der Waals surface area contributed by atoms with E-state index in [2.05, 4.69) is 0 Å². The van der Waals surface area contributed by atoms with Crippen LogP contribution in [0.3, 0.4) is 0 Å². The van der Waals surface area contributed by atoms with Crippen LogP contribution < -0.4 is 10.2 Å². The summed E-state index contributed by atoms with van der Waals surface area (Å²) < 4.78 is 5.13. The molecule has 0 aliphatic rings. The minimum Gasteiger partial charge on any atom is -0.497 e. The predicted octanol–water partition coefficient (Wildman–Crippen LogP) is 1.85. The SMILES string of the molecule is Bc1cc(OC)ccc1C(=O)/C=C/c1ccccc1. The highest BCUT2D eigenvalue weighted by Crippen LogP contribution is 2.10. The first kappa shape index (κ1) is 13.2. The first-order valence-corrected chi connectivity index (χ1v) is 6.13. The van der Waals surface area contributed by atoms with Gasteiger partial charge in [0.2, 0.25) is 0 Å². The fraction of sp³-hybridized carbons (Fsp3) is 0.0625. The Morgan fingerprint density at radius 1 is 1.16 bits per heavy atom. The van der Waals surface area contributed by atoms with Crippen LogP contribution in [-0.4, -0.2) is 20.7 Å². The van der Waals surface area contributed by atoms with Crippen LogP contribution in [0.1, 0.15) is 15.9 Å². The zero-order valence-electron chi connectivity index (χ0n) is 11.1. The predicted molar refractivity (Wildman–Crippen MR) is 81.0 cm³/mol. The second-order valence-electron chi connectivity index (χ2n) is 4.29. The molecule has 2 rings (SSSR count). The lowest BCUT2D eigenvalue weighted by atomic mass is 9.88. The van der Waals surface area contributed by atoms with E-state index in [1.165, 1.54) is 0 Å². The van der Waals surface area contributed by atoms with Gasteiger partial charge in [0.25, 0.3) is 0 Å². The number of carbonyl (C=O) groups excluding carboxylic acids is 1. The summed E-state index contributed by atoms with van der Waals surface area (Å²) in [6.07, 6.45) is 3.43. The van der Waals surface area contributed by atoms with Gasteiger partial charge in [-0.3, -0.25) is 4.79 Å². The lowest BCUT2D eigenvalue weighted by Gasteiger charge is -2.05. The van der Waals surface area contributed by atoms with Crippen LogP contribution in [0.2, 0.25) is 0 Å². The first-order valence-electron chi connectivity index (χ1n) is 6.13. The van der Waals surface area contributed by atoms with Gasteiger partial charge >= 0.3 is 0 Å². The monoisotopic (exact) mass is 250 g/mol. The average molecular weight is 250 g/mol. The third-order valence-electron chi connectivity index (χ3n) is 2.93. The Balaban J connectivity index is 2.19. The standard InChI is InChI=1S/C16H15BO2/c1-19-13-8-9-14(15(17)11-13)16(18)10-7-12-5-3-2-4-6-12/h2-11H,17H2,1H3/b10-7+. The molecule has 0 aliphatic carbocycles. The summed E-state index contributed by atoms with van der Waals surface area (Å²) >= 11 is 0. The molecule has 2 aromatic rings. The molecule has 19 heavy (non-hydrogen) atoms. The van der Waals surface area contributed by atoms with Gasteiger partial charge in [-0.2, -0.15) is 0 Å². The normalized spacial score (nSPS) is 10.6. The van der Waals surface area contributed by atoms with Crippen molar-refractivity contribution in [1.29, 1.82) is 0 Å². The third kappa shape index (κ3) is 3.35. The van der Waals surface area contributed by atoms with Gasteiger partial charge in [0.15, 0.2) is 5.78 Å². The molecule has 2 aromatic carbocycles. The van der Waals surface area contributed by atoms with Crippen molar-refractivity contribution >= 4 is 25.2 Å². The van der Waals surface area contributed by atoms with Gasteiger partial charge < -0.3 is 4.74 Å². The number of methoxy groups -OCH3 is 1. The molecule has 0 bridgehead atoms.